The van der Waals surface area contributed by atoms with Crippen molar-refractivity contribution in [2.45, 2.75) is 13.5 Å². The van der Waals surface area contributed by atoms with E-state index in [1.165, 1.54) is 0 Å². The van der Waals surface area contributed by atoms with E-state index >= 15 is 0 Å². The van der Waals surface area contributed by atoms with E-state index in [4.69, 9.17) is 4.74 Å². The van der Waals surface area contributed by atoms with E-state index in [2.05, 4.69) is 21.2 Å². The molecule has 0 saturated carbocycles. The van der Waals surface area contributed by atoms with Crippen LogP contribution >= 0.6 is 15.9 Å². The molecule has 2 N–H and O–H groups in total. The summed E-state index contributed by atoms with van der Waals surface area (Å²) in [4.78, 5) is 13.3. The molecule has 2 aromatic carbocycles. The summed E-state index contributed by atoms with van der Waals surface area (Å²) in [5, 5.41) is 2.95. The molecule has 0 fully saturated rings. The summed E-state index contributed by atoms with van der Waals surface area (Å²) in [5.41, 5.74) is 3.09. The van der Waals surface area contributed by atoms with Gasteiger partial charge >= 0.3 is 0 Å². The number of benzene rings is 2. The second-order valence-electron chi connectivity index (χ2n) is 5.69. The number of likely N-dealkylation sites (N-methyl/N-ethyl adjacent to an activating group) is 1. The van der Waals surface area contributed by atoms with Gasteiger partial charge in [-0.05, 0) is 52.7 Å². The number of quaternary nitrogens is 1. The molecule has 0 aromatic heterocycles. The average Bonchev–Trinajstić information content (AvgIpc) is 2.50. The van der Waals surface area contributed by atoms with Crippen LogP contribution in [0.2, 0.25) is 0 Å². The van der Waals surface area contributed by atoms with Crippen LogP contribution in [0, 0.1) is 6.92 Å². The molecule has 0 saturated heterocycles. The molecular weight excluding hydrogens is 356 g/mol. The van der Waals surface area contributed by atoms with E-state index in [0.717, 1.165) is 38.5 Å². The van der Waals surface area contributed by atoms with Crippen molar-refractivity contribution in [1.82, 2.24) is 0 Å². The minimum atomic E-state index is -0.00468. The third kappa shape index (κ3) is 5.37. The lowest BCUT2D eigenvalue weighted by Crippen LogP contribution is -3.08. The van der Waals surface area contributed by atoms with E-state index in [1.807, 2.05) is 56.4 Å². The standard InChI is InChI=1S/C18H21BrN2O2/c1-13-7-8-17(16(19)9-13)20-18(22)12-21(2)11-14-5-4-6-15(10-14)23-3/h4-10H,11-12H2,1-3H3,(H,20,22)/p+1. The first-order chi connectivity index (χ1) is 11.0. The van der Waals surface area contributed by atoms with E-state index in [9.17, 15) is 4.79 Å². The Hall–Kier alpha value is -1.85. The average molecular weight is 378 g/mol. The number of rotatable bonds is 6. The van der Waals surface area contributed by atoms with Crippen LogP contribution in [-0.4, -0.2) is 26.6 Å². The first-order valence-electron chi connectivity index (χ1n) is 7.48. The lowest BCUT2D eigenvalue weighted by molar-refractivity contribution is -0.885. The molecule has 2 rings (SSSR count). The van der Waals surface area contributed by atoms with Gasteiger partial charge in [0.25, 0.3) is 5.91 Å². The van der Waals surface area contributed by atoms with Crippen molar-refractivity contribution >= 4 is 27.5 Å². The lowest BCUT2D eigenvalue weighted by Gasteiger charge is -2.15. The van der Waals surface area contributed by atoms with Crippen molar-refractivity contribution in [2.75, 3.05) is 26.0 Å². The molecule has 0 aliphatic carbocycles. The number of nitrogens with one attached hydrogen (secondary N) is 2. The molecule has 2 aromatic rings. The van der Waals surface area contributed by atoms with Crippen molar-refractivity contribution in [1.29, 1.82) is 0 Å². The number of methoxy groups -OCH3 is 1. The van der Waals surface area contributed by atoms with E-state index in [1.54, 1.807) is 7.11 Å². The Bertz CT molecular complexity index is 688. The molecular formula is C18H22BrN2O2+. The number of carbonyl (C=O) groups is 1. The van der Waals surface area contributed by atoms with Crippen molar-refractivity contribution in [3.05, 3.63) is 58.1 Å². The van der Waals surface area contributed by atoms with Gasteiger partial charge in [-0.2, -0.15) is 0 Å². The van der Waals surface area contributed by atoms with Gasteiger partial charge < -0.3 is 15.0 Å². The van der Waals surface area contributed by atoms with E-state index in [0.29, 0.717) is 6.54 Å². The second kappa shape index (κ2) is 8.13. The fraction of sp³-hybridized carbons (Fsp3) is 0.278. The normalized spacial score (nSPS) is 11.8. The molecule has 0 spiro atoms. The van der Waals surface area contributed by atoms with Crippen LogP contribution in [-0.2, 0) is 11.3 Å². The zero-order valence-electron chi connectivity index (χ0n) is 13.7. The summed E-state index contributed by atoms with van der Waals surface area (Å²) < 4.78 is 6.12. The summed E-state index contributed by atoms with van der Waals surface area (Å²) in [5.74, 6) is 0.832. The number of carbonyl (C=O) groups excluding carboxylic acids is 1. The van der Waals surface area contributed by atoms with Gasteiger partial charge in [0.2, 0.25) is 0 Å². The van der Waals surface area contributed by atoms with Gasteiger partial charge in [-0.15, -0.1) is 0 Å². The number of hydrogen-bond donors (Lipinski definition) is 2. The number of anilines is 1. The lowest BCUT2D eigenvalue weighted by atomic mass is 10.2. The highest BCUT2D eigenvalue weighted by atomic mass is 79.9. The Balaban J connectivity index is 1.91. The third-order valence-electron chi connectivity index (χ3n) is 3.50. The van der Waals surface area contributed by atoms with E-state index in [-0.39, 0.29) is 5.91 Å². The first kappa shape index (κ1) is 17.5. The van der Waals surface area contributed by atoms with Crippen LogP contribution in [0.15, 0.2) is 46.9 Å². The minimum absolute atomic E-state index is 0.00468. The Morgan fingerprint density at radius 1 is 1.26 bits per heavy atom. The van der Waals surface area contributed by atoms with Gasteiger partial charge in [-0.25, -0.2) is 0 Å². The maximum atomic E-state index is 12.2. The second-order valence-corrected chi connectivity index (χ2v) is 6.55. The van der Waals surface area contributed by atoms with Crippen LogP contribution in [0.3, 0.4) is 0 Å². The summed E-state index contributed by atoms with van der Waals surface area (Å²) >= 11 is 3.48. The monoisotopic (exact) mass is 377 g/mol. The number of halogens is 1. The molecule has 122 valence electrons. The first-order valence-corrected chi connectivity index (χ1v) is 8.27. The molecule has 23 heavy (non-hydrogen) atoms. The highest BCUT2D eigenvalue weighted by molar-refractivity contribution is 9.10. The zero-order valence-corrected chi connectivity index (χ0v) is 15.2. The highest BCUT2D eigenvalue weighted by Gasteiger charge is 2.12. The van der Waals surface area contributed by atoms with E-state index < -0.39 is 0 Å². The van der Waals surface area contributed by atoms with Gasteiger partial charge in [0, 0.05) is 10.0 Å². The number of hydrogen-bond acceptors (Lipinski definition) is 2. The highest BCUT2D eigenvalue weighted by Crippen LogP contribution is 2.23. The Labute approximate surface area is 145 Å². The van der Waals surface area contributed by atoms with Gasteiger partial charge in [0.05, 0.1) is 19.8 Å². The minimum Gasteiger partial charge on any atom is -0.497 e. The molecule has 4 nitrogen and oxygen atoms in total. The van der Waals surface area contributed by atoms with Crippen LogP contribution in [0.4, 0.5) is 5.69 Å². The fourth-order valence-corrected chi connectivity index (χ4v) is 2.98. The fourth-order valence-electron chi connectivity index (χ4n) is 2.38. The number of amides is 1. The van der Waals surface area contributed by atoms with Crippen molar-refractivity contribution in [2.24, 2.45) is 0 Å². The van der Waals surface area contributed by atoms with Crippen LogP contribution in [0.5, 0.6) is 5.75 Å². The van der Waals surface area contributed by atoms with Gasteiger partial charge in [0.15, 0.2) is 6.54 Å². The zero-order chi connectivity index (χ0) is 16.8. The predicted octanol–water partition coefficient (Wildman–Crippen LogP) is 2.42. The van der Waals surface area contributed by atoms with Crippen LogP contribution in [0.25, 0.3) is 0 Å². The van der Waals surface area contributed by atoms with Gasteiger partial charge in [0.1, 0.15) is 12.3 Å². The SMILES string of the molecule is COc1cccc(C[NH+](C)CC(=O)Nc2ccc(C)cc2Br)c1. The van der Waals surface area contributed by atoms with Crippen LogP contribution in [0.1, 0.15) is 11.1 Å². The largest absolute Gasteiger partial charge is 0.497 e. The molecule has 1 unspecified atom stereocenters. The summed E-state index contributed by atoms with van der Waals surface area (Å²) in [6, 6.07) is 13.8. The van der Waals surface area contributed by atoms with Gasteiger partial charge in [-0.3, -0.25) is 4.79 Å². The van der Waals surface area contributed by atoms with Crippen molar-refractivity contribution < 1.29 is 14.4 Å². The molecule has 1 atom stereocenters. The summed E-state index contributed by atoms with van der Waals surface area (Å²) in [6.45, 7) is 3.18. The Kier molecular flexibility index (Phi) is 6.19. The maximum Gasteiger partial charge on any atom is 0.279 e. The van der Waals surface area contributed by atoms with Gasteiger partial charge in [-0.1, -0.05) is 18.2 Å². The molecule has 0 heterocycles. The third-order valence-corrected chi connectivity index (χ3v) is 4.16. The number of ether oxygens (including phenoxy) is 1. The topological polar surface area (TPSA) is 42.8 Å². The number of aryl methyl sites for hydroxylation is 1. The molecule has 0 radical (unpaired) electrons. The molecule has 5 heteroatoms. The molecule has 1 amide bonds. The van der Waals surface area contributed by atoms with Crippen molar-refractivity contribution in [3.63, 3.8) is 0 Å². The van der Waals surface area contributed by atoms with Crippen molar-refractivity contribution in [3.8, 4) is 5.75 Å². The smallest absolute Gasteiger partial charge is 0.279 e. The summed E-state index contributed by atoms with van der Waals surface area (Å²) in [7, 11) is 3.66. The Morgan fingerprint density at radius 2 is 2.04 bits per heavy atom. The summed E-state index contributed by atoms with van der Waals surface area (Å²) in [6.07, 6.45) is 0. The van der Waals surface area contributed by atoms with Crippen LogP contribution < -0.4 is 15.0 Å². The Morgan fingerprint density at radius 3 is 2.74 bits per heavy atom. The molecule has 0 aliphatic rings. The predicted molar refractivity (Wildman–Crippen MR) is 96.0 cm³/mol. The maximum absolute atomic E-state index is 12.2. The molecule has 0 bridgehead atoms. The molecule has 0 aliphatic heterocycles. The quantitative estimate of drug-likeness (QED) is 0.811.